The molecule has 1 saturated carbocycles. The summed E-state index contributed by atoms with van der Waals surface area (Å²) in [5.74, 6) is 0.417. The molecule has 0 bridgehead atoms. The Morgan fingerprint density at radius 3 is 2.95 bits per heavy atom. The van der Waals surface area contributed by atoms with Gasteiger partial charge in [0.25, 0.3) is 0 Å². The van der Waals surface area contributed by atoms with Crippen LogP contribution in [0.3, 0.4) is 0 Å². The van der Waals surface area contributed by atoms with Crippen molar-refractivity contribution in [2.45, 2.75) is 31.8 Å². The van der Waals surface area contributed by atoms with Crippen molar-refractivity contribution in [3.8, 4) is 0 Å². The molecule has 0 aromatic carbocycles. The van der Waals surface area contributed by atoms with E-state index in [1.807, 2.05) is 0 Å². The van der Waals surface area contributed by atoms with Crippen LogP contribution < -0.4 is 10.6 Å². The van der Waals surface area contributed by atoms with Crippen molar-refractivity contribution in [3.63, 3.8) is 0 Å². The number of anilines is 1. The fraction of sp³-hybridized carbons (Fsp3) is 0.417. The second-order valence-corrected chi connectivity index (χ2v) is 4.89. The van der Waals surface area contributed by atoms with Crippen LogP contribution >= 0.6 is 0 Å². The van der Waals surface area contributed by atoms with Crippen molar-refractivity contribution >= 4 is 11.8 Å². The lowest BCUT2D eigenvalue weighted by Crippen LogP contribution is -2.33. The fourth-order valence-corrected chi connectivity index (χ4v) is 1.93. The lowest BCUT2D eigenvalue weighted by Gasteiger charge is -2.13. The van der Waals surface area contributed by atoms with Gasteiger partial charge in [-0.3, -0.25) is 5.32 Å². The van der Waals surface area contributed by atoms with Crippen molar-refractivity contribution in [2.75, 3.05) is 5.32 Å². The highest BCUT2D eigenvalue weighted by Crippen LogP contribution is 2.35. The molecule has 0 saturated heterocycles. The first-order valence-electron chi connectivity index (χ1n) is 6.60. The topological polar surface area (TPSA) is 97.6 Å². The molecule has 110 valence electrons. The van der Waals surface area contributed by atoms with Gasteiger partial charge in [0.15, 0.2) is 5.82 Å². The molecule has 2 amide bonds. The predicted molar refractivity (Wildman–Crippen MR) is 70.9 cm³/mol. The smallest absolute Gasteiger partial charge is 0.320 e. The molecule has 2 N–H and O–H groups in total. The molecule has 0 spiro atoms. The van der Waals surface area contributed by atoms with Gasteiger partial charge in [-0.05, 0) is 42.3 Å². The lowest BCUT2D eigenvalue weighted by atomic mass is 10.3. The molecule has 0 radical (unpaired) electrons. The molecule has 2 aromatic rings. The van der Waals surface area contributed by atoms with Gasteiger partial charge >= 0.3 is 6.03 Å². The maximum absolute atomic E-state index is 12.7. The van der Waals surface area contributed by atoms with Crippen LogP contribution in [0.4, 0.5) is 15.0 Å². The Morgan fingerprint density at radius 1 is 1.48 bits per heavy atom. The highest BCUT2D eigenvalue weighted by molar-refractivity contribution is 5.88. The van der Waals surface area contributed by atoms with Crippen LogP contribution in [0.1, 0.15) is 37.7 Å². The maximum Gasteiger partial charge on any atom is 0.320 e. The van der Waals surface area contributed by atoms with Gasteiger partial charge in [-0.25, -0.2) is 18.9 Å². The normalized spacial score (nSPS) is 15.5. The van der Waals surface area contributed by atoms with Crippen LogP contribution in [0.5, 0.6) is 0 Å². The van der Waals surface area contributed by atoms with Gasteiger partial charge in [0.2, 0.25) is 0 Å². The number of hydrogen-bond acceptors (Lipinski definition) is 5. The number of tetrazole rings is 1. The van der Waals surface area contributed by atoms with Gasteiger partial charge in [-0.2, -0.15) is 0 Å². The van der Waals surface area contributed by atoms with E-state index in [-0.39, 0.29) is 11.9 Å². The second kappa shape index (κ2) is 5.43. The largest absolute Gasteiger partial charge is 0.328 e. The van der Waals surface area contributed by atoms with E-state index in [0.29, 0.717) is 11.9 Å². The zero-order valence-electron chi connectivity index (χ0n) is 11.3. The van der Waals surface area contributed by atoms with Gasteiger partial charge in [0.05, 0.1) is 18.3 Å². The number of pyridine rings is 1. The number of carbonyl (C=O) groups is 1. The summed E-state index contributed by atoms with van der Waals surface area (Å²) in [6.07, 6.45) is 3.14. The van der Waals surface area contributed by atoms with E-state index in [9.17, 15) is 9.18 Å². The average molecular weight is 291 g/mol. The van der Waals surface area contributed by atoms with Crippen LogP contribution in [0.2, 0.25) is 0 Å². The molecule has 0 aliphatic heterocycles. The third kappa shape index (κ3) is 3.12. The number of nitrogens with zero attached hydrogens (tertiary/aromatic N) is 5. The molecule has 2 heterocycles. The standard InChI is InChI=1S/C12H14FN7O/c1-7(11-17-18-19-20(11)9-3-4-9)15-12(21)16-10-5-2-8(13)6-14-10/h2,5-7,9H,3-4H2,1H3,(H2,14,15,16,21). The van der Waals surface area contributed by atoms with Crippen molar-refractivity contribution < 1.29 is 9.18 Å². The number of carbonyl (C=O) groups excluding carboxylic acids is 1. The maximum atomic E-state index is 12.7. The van der Waals surface area contributed by atoms with Gasteiger partial charge in [-0.15, -0.1) is 5.10 Å². The second-order valence-electron chi connectivity index (χ2n) is 4.89. The van der Waals surface area contributed by atoms with E-state index in [1.165, 1.54) is 12.1 Å². The summed E-state index contributed by atoms with van der Waals surface area (Å²) in [7, 11) is 0. The summed E-state index contributed by atoms with van der Waals surface area (Å²) in [6.45, 7) is 1.79. The van der Waals surface area contributed by atoms with Gasteiger partial charge in [0, 0.05) is 0 Å². The van der Waals surface area contributed by atoms with E-state index in [2.05, 4.69) is 31.1 Å². The Kier molecular flexibility index (Phi) is 3.46. The van der Waals surface area contributed by atoms with Gasteiger partial charge in [-0.1, -0.05) is 0 Å². The van der Waals surface area contributed by atoms with E-state index >= 15 is 0 Å². The molecule has 1 aliphatic rings. The highest BCUT2D eigenvalue weighted by Gasteiger charge is 2.29. The molecule has 1 aliphatic carbocycles. The summed E-state index contributed by atoms with van der Waals surface area (Å²) in [5.41, 5.74) is 0. The number of urea groups is 1. The minimum Gasteiger partial charge on any atom is -0.328 e. The molecule has 1 fully saturated rings. The molecule has 3 rings (SSSR count). The number of hydrogen-bond donors (Lipinski definition) is 2. The molecule has 1 atom stereocenters. The Morgan fingerprint density at radius 2 is 2.29 bits per heavy atom. The molecule has 21 heavy (non-hydrogen) atoms. The zero-order valence-corrected chi connectivity index (χ0v) is 11.3. The summed E-state index contributed by atoms with van der Waals surface area (Å²) >= 11 is 0. The lowest BCUT2D eigenvalue weighted by molar-refractivity contribution is 0.248. The Hall–Kier alpha value is -2.58. The van der Waals surface area contributed by atoms with E-state index in [4.69, 9.17) is 0 Å². The Balaban J connectivity index is 1.61. The first-order valence-corrected chi connectivity index (χ1v) is 6.60. The number of aromatic nitrogens is 5. The minimum absolute atomic E-state index is 0.267. The summed E-state index contributed by atoms with van der Waals surface area (Å²) < 4.78 is 14.5. The molecule has 1 unspecified atom stereocenters. The quantitative estimate of drug-likeness (QED) is 0.888. The molecular formula is C12H14FN7O. The molecular weight excluding hydrogens is 277 g/mol. The third-order valence-corrected chi connectivity index (χ3v) is 3.11. The number of halogens is 1. The number of nitrogens with one attached hydrogen (secondary N) is 2. The van der Waals surface area contributed by atoms with Crippen LogP contribution in [-0.2, 0) is 0 Å². The monoisotopic (exact) mass is 291 g/mol. The van der Waals surface area contributed by atoms with E-state index in [1.54, 1.807) is 11.6 Å². The Bertz CT molecular complexity index is 637. The average Bonchev–Trinajstić information content (AvgIpc) is 3.18. The van der Waals surface area contributed by atoms with Gasteiger partial charge < -0.3 is 5.32 Å². The van der Waals surface area contributed by atoms with Crippen LogP contribution in [0.25, 0.3) is 0 Å². The molecule has 2 aromatic heterocycles. The number of amides is 2. The predicted octanol–water partition coefficient (Wildman–Crippen LogP) is 1.42. The summed E-state index contributed by atoms with van der Waals surface area (Å²) in [5, 5.41) is 16.8. The van der Waals surface area contributed by atoms with E-state index < -0.39 is 11.8 Å². The number of rotatable bonds is 4. The first kappa shape index (κ1) is 13.4. The van der Waals surface area contributed by atoms with Crippen LogP contribution in [0.15, 0.2) is 18.3 Å². The highest BCUT2D eigenvalue weighted by atomic mass is 19.1. The first-order chi connectivity index (χ1) is 10.1. The van der Waals surface area contributed by atoms with Crippen molar-refractivity contribution in [1.82, 2.24) is 30.5 Å². The van der Waals surface area contributed by atoms with Crippen molar-refractivity contribution in [2.24, 2.45) is 0 Å². The SMILES string of the molecule is CC(NC(=O)Nc1ccc(F)cn1)c1nnnn1C1CC1. The third-order valence-electron chi connectivity index (χ3n) is 3.11. The van der Waals surface area contributed by atoms with Crippen LogP contribution in [-0.4, -0.2) is 31.2 Å². The fourth-order valence-electron chi connectivity index (χ4n) is 1.93. The van der Waals surface area contributed by atoms with Gasteiger partial charge in [0.1, 0.15) is 11.6 Å². The van der Waals surface area contributed by atoms with Crippen molar-refractivity contribution in [3.05, 3.63) is 30.0 Å². The minimum atomic E-state index is -0.460. The molecule has 8 nitrogen and oxygen atoms in total. The summed E-state index contributed by atoms with van der Waals surface area (Å²) in [6, 6.07) is 2.14. The van der Waals surface area contributed by atoms with Crippen LogP contribution in [0, 0.1) is 5.82 Å². The summed E-state index contributed by atoms with van der Waals surface area (Å²) in [4.78, 5) is 15.6. The molecule has 9 heteroatoms. The van der Waals surface area contributed by atoms with E-state index in [0.717, 1.165) is 19.0 Å². The zero-order chi connectivity index (χ0) is 14.8. The van der Waals surface area contributed by atoms with Crippen molar-refractivity contribution in [1.29, 1.82) is 0 Å². The Labute approximate surface area is 119 Å².